The van der Waals surface area contributed by atoms with Crippen molar-refractivity contribution in [2.24, 2.45) is 0 Å². The summed E-state index contributed by atoms with van der Waals surface area (Å²) in [6.07, 6.45) is 14.4. The third-order valence-corrected chi connectivity index (χ3v) is 2.46. The molecule has 0 aromatic heterocycles. The highest BCUT2D eigenvalue weighted by molar-refractivity contribution is 7.83. The highest BCUT2D eigenvalue weighted by atomic mass is 32.1. The van der Waals surface area contributed by atoms with Crippen molar-refractivity contribution >= 4 is 12.6 Å². The van der Waals surface area contributed by atoms with Crippen LogP contribution in [0.5, 0.6) is 0 Å². The SMILES string of the molecule is C=CS.CCCCCCCCCCCC. The fraction of sp³-hybridized carbons (Fsp3) is 0.857. The zero-order chi connectivity index (χ0) is 11.8. The molecule has 0 nitrogen and oxygen atoms in total. The molecule has 0 fully saturated rings. The summed E-state index contributed by atoms with van der Waals surface area (Å²) in [6, 6.07) is 0. The van der Waals surface area contributed by atoms with Crippen LogP contribution >= 0.6 is 12.6 Å². The van der Waals surface area contributed by atoms with Crippen molar-refractivity contribution in [2.45, 2.75) is 78.1 Å². The average molecular weight is 230 g/mol. The van der Waals surface area contributed by atoms with Crippen molar-refractivity contribution in [1.82, 2.24) is 0 Å². The fourth-order valence-corrected chi connectivity index (χ4v) is 1.56. The van der Waals surface area contributed by atoms with Gasteiger partial charge in [0.25, 0.3) is 0 Å². The summed E-state index contributed by atoms with van der Waals surface area (Å²) in [5.74, 6) is 0. The van der Waals surface area contributed by atoms with Crippen LogP contribution in [0.2, 0.25) is 0 Å². The minimum atomic E-state index is 1.37. The molecular weight excluding hydrogens is 200 g/mol. The summed E-state index contributed by atoms with van der Waals surface area (Å²) < 4.78 is 0. The second kappa shape index (κ2) is 19.6. The van der Waals surface area contributed by atoms with E-state index in [9.17, 15) is 0 Å². The van der Waals surface area contributed by atoms with Crippen LogP contribution in [0, 0.1) is 0 Å². The van der Waals surface area contributed by atoms with Crippen LogP contribution in [0.25, 0.3) is 0 Å². The van der Waals surface area contributed by atoms with E-state index in [1.165, 1.54) is 69.6 Å². The van der Waals surface area contributed by atoms with Gasteiger partial charge in [0.2, 0.25) is 0 Å². The van der Waals surface area contributed by atoms with Gasteiger partial charge in [-0.1, -0.05) is 84.6 Å². The molecule has 0 atom stereocenters. The van der Waals surface area contributed by atoms with Crippen LogP contribution in [0.15, 0.2) is 12.0 Å². The number of unbranched alkanes of at least 4 members (excludes halogenated alkanes) is 9. The van der Waals surface area contributed by atoms with E-state index in [0.717, 1.165) is 0 Å². The van der Waals surface area contributed by atoms with Gasteiger partial charge in [0, 0.05) is 0 Å². The molecule has 0 radical (unpaired) electrons. The molecule has 0 bridgehead atoms. The number of hydrogen-bond donors (Lipinski definition) is 1. The Bertz CT molecular complexity index is 89.5. The maximum absolute atomic E-state index is 3.55. The zero-order valence-corrected chi connectivity index (χ0v) is 11.7. The van der Waals surface area contributed by atoms with Crippen molar-refractivity contribution in [3.63, 3.8) is 0 Å². The monoisotopic (exact) mass is 230 g/mol. The van der Waals surface area contributed by atoms with Gasteiger partial charge in [0.1, 0.15) is 0 Å². The minimum Gasteiger partial charge on any atom is -0.152 e. The molecule has 0 aliphatic heterocycles. The summed E-state index contributed by atoms with van der Waals surface area (Å²) in [5, 5.41) is 1.44. The third kappa shape index (κ3) is 24.9. The topological polar surface area (TPSA) is 0 Å². The molecule has 0 heterocycles. The normalized spacial score (nSPS) is 9.27. The van der Waals surface area contributed by atoms with Gasteiger partial charge in [-0.3, -0.25) is 0 Å². The molecule has 0 aliphatic carbocycles. The van der Waals surface area contributed by atoms with Crippen molar-refractivity contribution in [1.29, 1.82) is 0 Å². The smallest absolute Gasteiger partial charge is 0.0396 e. The molecule has 0 aromatic rings. The lowest BCUT2D eigenvalue weighted by Gasteiger charge is -1.99. The van der Waals surface area contributed by atoms with Crippen LogP contribution < -0.4 is 0 Å². The van der Waals surface area contributed by atoms with Gasteiger partial charge in [-0.2, -0.15) is 12.6 Å². The lowest BCUT2D eigenvalue weighted by Crippen LogP contribution is -1.80. The van der Waals surface area contributed by atoms with E-state index in [4.69, 9.17) is 0 Å². The first-order chi connectivity index (χ1) is 7.33. The Morgan fingerprint density at radius 2 is 0.933 bits per heavy atom. The molecular formula is C14H30S. The Labute approximate surface area is 103 Å². The summed E-state index contributed by atoms with van der Waals surface area (Å²) >= 11 is 3.55. The van der Waals surface area contributed by atoms with Gasteiger partial charge in [0.05, 0.1) is 0 Å². The van der Waals surface area contributed by atoms with E-state index < -0.39 is 0 Å². The van der Waals surface area contributed by atoms with Crippen LogP contribution in [-0.4, -0.2) is 0 Å². The summed E-state index contributed by atoms with van der Waals surface area (Å²) in [4.78, 5) is 0. The van der Waals surface area contributed by atoms with E-state index in [1.54, 1.807) is 0 Å². The first-order valence-corrected chi connectivity index (χ1v) is 7.10. The Hall–Kier alpha value is 0.0900. The maximum atomic E-state index is 3.55. The van der Waals surface area contributed by atoms with E-state index in [-0.39, 0.29) is 0 Å². The predicted octanol–water partition coefficient (Wildman–Crippen LogP) is 5.99. The molecule has 0 rings (SSSR count). The quantitative estimate of drug-likeness (QED) is 0.365. The van der Waals surface area contributed by atoms with Gasteiger partial charge in [0.15, 0.2) is 0 Å². The van der Waals surface area contributed by atoms with Gasteiger partial charge in [-0.15, -0.1) is 0 Å². The molecule has 15 heavy (non-hydrogen) atoms. The van der Waals surface area contributed by atoms with E-state index in [0.29, 0.717) is 0 Å². The van der Waals surface area contributed by atoms with Gasteiger partial charge in [-0.25, -0.2) is 0 Å². The number of hydrogen-bond acceptors (Lipinski definition) is 1. The Morgan fingerprint density at radius 3 is 1.13 bits per heavy atom. The summed E-state index contributed by atoms with van der Waals surface area (Å²) in [7, 11) is 0. The Kier molecular flexibility index (Phi) is 22.9. The van der Waals surface area contributed by atoms with Crippen molar-refractivity contribution in [3.8, 4) is 0 Å². The Morgan fingerprint density at radius 1 is 0.733 bits per heavy atom. The molecule has 0 saturated heterocycles. The van der Waals surface area contributed by atoms with Crippen molar-refractivity contribution in [2.75, 3.05) is 0 Å². The molecule has 0 aromatic carbocycles. The minimum absolute atomic E-state index is 1.37. The van der Waals surface area contributed by atoms with Gasteiger partial charge < -0.3 is 0 Å². The molecule has 0 spiro atoms. The van der Waals surface area contributed by atoms with Crippen LogP contribution in [-0.2, 0) is 0 Å². The molecule has 1 heteroatoms. The zero-order valence-electron chi connectivity index (χ0n) is 10.8. The third-order valence-electron chi connectivity index (χ3n) is 2.46. The standard InChI is InChI=1S/C12H26.C2H4S/c1-3-5-7-9-11-12-10-8-6-4-2;1-2-3/h3-12H2,1-2H3;2-3H,1H2. The van der Waals surface area contributed by atoms with Crippen LogP contribution in [0.4, 0.5) is 0 Å². The van der Waals surface area contributed by atoms with E-state index >= 15 is 0 Å². The molecule has 0 amide bonds. The second-order valence-electron chi connectivity index (χ2n) is 4.01. The molecule has 0 aliphatic rings. The van der Waals surface area contributed by atoms with Gasteiger partial charge >= 0.3 is 0 Å². The lowest BCUT2D eigenvalue weighted by molar-refractivity contribution is 0.562. The molecule has 92 valence electrons. The fourth-order valence-electron chi connectivity index (χ4n) is 1.56. The number of rotatable bonds is 9. The highest BCUT2D eigenvalue weighted by Gasteiger charge is 1.90. The summed E-state index contributed by atoms with van der Waals surface area (Å²) in [6.45, 7) is 7.78. The van der Waals surface area contributed by atoms with E-state index in [2.05, 4.69) is 33.1 Å². The lowest BCUT2D eigenvalue weighted by atomic mass is 10.1. The van der Waals surface area contributed by atoms with Crippen LogP contribution in [0.3, 0.4) is 0 Å². The highest BCUT2D eigenvalue weighted by Crippen LogP contribution is 2.09. The largest absolute Gasteiger partial charge is 0.152 e. The first kappa shape index (κ1) is 17.5. The average Bonchev–Trinajstić information content (AvgIpc) is 2.23. The van der Waals surface area contributed by atoms with E-state index in [1.807, 2.05) is 0 Å². The maximum Gasteiger partial charge on any atom is -0.0396 e. The molecule has 0 N–H and O–H groups in total. The van der Waals surface area contributed by atoms with Crippen molar-refractivity contribution in [3.05, 3.63) is 12.0 Å². The van der Waals surface area contributed by atoms with Crippen molar-refractivity contribution < 1.29 is 0 Å². The predicted molar refractivity (Wildman–Crippen MR) is 76.7 cm³/mol. The van der Waals surface area contributed by atoms with Gasteiger partial charge in [-0.05, 0) is 5.41 Å². The molecule has 0 saturated carbocycles. The second-order valence-corrected chi connectivity index (χ2v) is 4.38. The van der Waals surface area contributed by atoms with Crippen LogP contribution in [0.1, 0.15) is 78.1 Å². The summed E-state index contributed by atoms with van der Waals surface area (Å²) in [5.41, 5.74) is 0. The first-order valence-electron chi connectivity index (χ1n) is 6.58. The molecule has 0 unspecified atom stereocenters. The number of thiol groups is 1. The Balaban J connectivity index is 0.